The summed E-state index contributed by atoms with van der Waals surface area (Å²) in [6, 6.07) is 17.5. The maximum atomic E-state index is 11.8. The van der Waals surface area contributed by atoms with Crippen molar-refractivity contribution < 1.29 is 14.6 Å². The van der Waals surface area contributed by atoms with Crippen LogP contribution in [0.4, 0.5) is 0 Å². The molecule has 1 aromatic heterocycles. The molecule has 0 unspecified atom stereocenters. The lowest BCUT2D eigenvalue weighted by Crippen LogP contribution is -2.05. The first-order valence-electron chi connectivity index (χ1n) is 12.5. The second kappa shape index (κ2) is 10.8. The topological polar surface area (TPSA) is 64.4 Å². The van der Waals surface area contributed by atoms with E-state index < -0.39 is 5.97 Å². The number of hydrogen-bond donors (Lipinski definition) is 1. The lowest BCUT2D eigenvalue weighted by Gasteiger charge is -2.16. The van der Waals surface area contributed by atoms with E-state index >= 15 is 0 Å². The van der Waals surface area contributed by atoms with Crippen molar-refractivity contribution in [2.45, 2.75) is 59.8 Å². The van der Waals surface area contributed by atoms with Gasteiger partial charge in [0.05, 0.1) is 17.7 Å². The Hall–Kier alpha value is -3.60. The Bertz CT molecular complexity index is 1350. The SMILES string of the molecule is CCCCOc1ccc(C)c2nc(CCCC)n(-c3ccc(-c4ccccc4C(=O)O)c(C)c3)c12. The number of hydrogen-bond acceptors (Lipinski definition) is 3. The van der Waals surface area contributed by atoms with E-state index in [-0.39, 0.29) is 0 Å². The summed E-state index contributed by atoms with van der Waals surface area (Å²) in [5, 5.41) is 9.68. The molecule has 0 aliphatic rings. The van der Waals surface area contributed by atoms with Crippen molar-refractivity contribution in [2.24, 2.45) is 0 Å². The van der Waals surface area contributed by atoms with Gasteiger partial charge in [-0.3, -0.25) is 4.57 Å². The lowest BCUT2D eigenvalue weighted by atomic mass is 9.95. The molecule has 0 spiro atoms. The van der Waals surface area contributed by atoms with E-state index in [2.05, 4.69) is 49.6 Å². The van der Waals surface area contributed by atoms with E-state index in [0.717, 1.165) is 82.7 Å². The highest BCUT2D eigenvalue weighted by molar-refractivity contribution is 5.96. The predicted molar refractivity (Wildman–Crippen MR) is 142 cm³/mol. The highest BCUT2D eigenvalue weighted by Gasteiger charge is 2.20. The van der Waals surface area contributed by atoms with Crippen LogP contribution in [0.1, 0.15) is 66.8 Å². The molecule has 0 bridgehead atoms. The number of fused-ring (bicyclic) bond motifs is 1. The number of aryl methyl sites for hydroxylation is 3. The smallest absolute Gasteiger partial charge is 0.336 e. The third-order valence-electron chi connectivity index (χ3n) is 6.46. The molecule has 0 saturated carbocycles. The number of ether oxygens (including phenoxy) is 1. The standard InChI is InChI=1S/C30H34N2O3/c1-5-7-13-27-31-28-20(3)14-17-26(35-18-8-6-2)29(28)32(27)22-15-16-23(21(4)19-22)24-11-9-10-12-25(24)30(33)34/h9-12,14-17,19H,5-8,13,18H2,1-4H3,(H,33,34). The quantitative estimate of drug-likeness (QED) is 0.243. The predicted octanol–water partition coefficient (Wildman–Crippen LogP) is 7.53. The first-order chi connectivity index (χ1) is 17.0. The van der Waals surface area contributed by atoms with Crippen LogP contribution in [0, 0.1) is 13.8 Å². The van der Waals surface area contributed by atoms with Crippen molar-refractivity contribution in [2.75, 3.05) is 6.61 Å². The van der Waals surface area contributed by atoms with Crippen LogP contribution in [0.5, 0.6) is 5.75 Å². The number of rotatable bonds is 10. The molecule has 182 valence electrons. The number of aromatic carboxylic acids is 1. The average molecular weight is 471 g/mol. The third kappa shape index (κ3) is 4.95. The van der Waals surface area contributed by atoms with Gasteiger partial charge in [-0.1, -0.05) is 57.0 Å². The van der Waals surface area contributed by atoms with Gasteiger partial charge in [0.25, 0.3) is 0 Å². The zero-order valence-corrected chi connectivity index (χ0v) is 21.1. The maximum Gasteiger partial charge on any atom is 0.336 e. The molecule has 0 fully saturated rings. The Morgan fingerprint density at radius 1 is 0.943 bits per heavy atom. The molecule has 5 heteroatoms. The van der Waals surface area contributed by atoms with Crippen LogP contribution >= 0.6 is 0 Å². The highest BCUT2D eigenvalue weighted by Crippen LogP contribution is 2.35. The number of carboxylic acids is 1. The van der Waals surface area contributed by atoms with Gasteiger partial charge in [-0.25, -0.2) is 9.78 Å². The number of unbranched alkanes of at least 4 members (excludes halogenated alkanes) is 2. The number of nitrogens with zero attached hydrogens (tertiary/aromatic N) is 2. The molecule has 0 atom stereocenters. The average Bonchev–Trinajstić information content (AvgIpc) is 3.24. The molecule has 0 amide bonds. The van der Waals surface area contributed by atoms with Gasteiger partial charge in [0.15, 0.2) is 0 Å². The van der Waals surface area contributed by atoms with Crippen LogP contribution in [0.3, 0.4) is 0 Å². The summed E-state index contributed by atoms with van der Waals surface area (Å²) in [4.78, 5) is 16.9. The van der Waals surface area contributed by atoms with E-state index in [4.69, 9.17) is 9.72 Å². The van der Waals surface area contributed by atoms with Gasteiger partial charge >= 0.3 is 5.97 Å². The summed E-state index contributed by atoms with van der Waals surface area (Å²) in [7, 11) is 0. The van der Waals surface area contributed by atoms with Crippen LogP contribution in [-0.4, -0.2) is 27.2 Å². The Morgan fingerprint density at radius 3 is 2.43 bits per heavy atom. The van der Waals surface area contributed by atoms with Crippen LogP contribution in [0.2, 0.25) is 0 Å². The van der Waals surface area contributed by atoms with Gasteiger partial charge in [-0.05, 0) is 73.2 Å². The lowest BCUT2D eigenvalue weighted by molar-refractivity contribution is 0.0697. The molecule has 5 nitrogen and oxygen atoms in total. The number of benzene rings is 3. The summed E-state index contributed by atoms with van der Waals surface area (Å²) in [6.45, 7) is 9.15. The molecule has 1 N–H and O–H groups in total. The molecular weight excluding hydrogens is 436 g/mol. The van der Waals surface area contributed by atoms with Crippen molar-refractivity contribution in [1.82, 2.24) is 9.55 Å². The minimum absolute atomic E-state index is 0.308. The number of aromatic nitrogens is 2. The number of carboxylic acid groups (broad SMARTS) is 1. The zero-order chi connectivity index (χ0) is 24.9. The summed E-state index contributed by atoms with van der Waals surface area (Å²) in [5.74, 6) is 0.956. The Labute approximate surface area is 207 Å². The zero-order valence-electron chi connectivity index (χ0n) is 21.1. The second-order valence-electron chi connectivity index (χ2n) is 9.10. The maximum absolute atomic E-state index is 11.8. The summed E-state index contributed by atoms with van der Waals surface area (Å²) in [6.07, 6.45) is 5.10. The fraction of sp³-hybridized carbons (Fsp3) is 0.333. The van der Waals surface area contributed by atoms with E-state index in [1.807, 2.05) is 25.1 Å². The summed E-state index contributed by atoms with van der Waals surface area (Å²) < 4.78 is 8.47. The summed E-state index contributed by atoms with van der Waals surface area (Å²) >= 11 is 0. The third-order valence-corrected chi connectivity index (χ3v) is 6.46. The van der Waals surface area contributed by atoms with Gasteiger partial charge < -0.3 is 9.84 Å². The number of imidazole rings is 1. The van der Waals surface area contributed by atoms with Gasteiger partial charge in [-0.15, -0.1) is 0 Å². The van der Waals surface area contributed by atoms with E-state index in [1.165, 1.54) is 0 Å². The van der Waals surface area contributed by atoms with Crippen molar-refractivity contribution in [3.63, 3.8) is 0 Å². The van der Waals surface area contributed by atoms with Crippen molar-refractivity contribution in [3.8, 4) is 22.6 Å². The first kappa shape index (κ1) is 24.5. The van der Waals surface area contributed by atoms with Crippen LogP contribution < -0.4 is 4.74 Å². The first-order valence-corrected chi connectivity index (χ1v) is 12.5. The molecule has 4 rings (SSSR count). The van der Waals surface area contributed by atoms with Gasteiger partial charge in [0.1, 0.15) is 17.1 Å². The minimum Gasteiger partial charge on any atom is -0.491 e. The number of carbonyl (C=O) groups is 1. The molecule has 35 heavy (non-hydrogen) atoms. The molecule has 0 aliphatic carbocycles. The molecule has 0 aliphatic heterocycles. The Kier molecular flexibility index (Phi) is 7.54. The Balaban J connectivity index is 1.89. The molecule has 0 saturated heterocycles. The van der Waals surface area contributed by atoms with Crippen LogP contribution in [0.15, 0.2) is 54.6 Å². The molecule has 4 aromatic rings. The molecule has 1 heterocycles. The van der Waals surface area contributed by atoms with E-state index in [1.54, 1.807) is 12.1 Å². The fourth-order valence-corrected chi connectivity index (χ4v) is 4.54. The summed E-state index contributed by atoms with van der Waals surface area (Å²) in [5.41, 5.74) is 7.09. The minimum atomic E-state index is -0.920. The Morgan fingerprint density at radius 2 is 1.71 bits per heavy atom. The largest absolute Gasteiger partial charge is 0.491 e. The van der Waals surface area contributed by atoms with Crippen molar-refractivity contribution in [3.05, 3.63) is 77.1 Å². The van der Waals surface area contributed by atoms with E-state index in [0.29, 0.717) is 12.2 Å². The van der Waals surface area contributed by atoms with Crippen molar-refractivity contribution >= 4 is 17.0 Å². The van der Waals surface area contributed by atoms with Gasteiger partial charge in [0, 0.05) is 12.1 Å². The normalized spacial score (nSPS) is 11.2. The monoisotopic (exact) mass is 470 g/mol. The second-order valence-corrected chi connectivity index (χ2v) is 9.10. The van der Waals surface area contributed by atoms with Gasteiger partial charge in [0.2, 0.25) is 0 Å². The van der Waals surface area contributed by atoms with Crippen molar-refractivity contribution in [1.29, 1.82) is 0 Å². The highest BCUT2D eigenvalue weighted by atomic mass is 16.5. The molecular formula is C30H34N2O3. The van der Waals surface area contributed by atoms with E-state index in [9.17, 15) is 9.90 Å². The fourth-order valence-electron chi connectivity index (χ4n) is 4.54. The molecule has 0 radical (unpaired) electrons. The van der Waals surface area contributed by atoms with Crippen LogP contribution in [0.25, 0.3) is 27.8 Å². The van der Waals surface area contributed by atoms with Gasteiger partial charge in [-0.2, -0.15) is 0 Å². The van der Waals surface area contributed by atoms with Crippen LogP contribution in [-0.2, 0) is 6.42 Å². The molecule has 3 aromatic carbocycles.